The van der Waals surface area contributed by atoms with E-state index in [-0.39, 0.29) is 0 Å². The number of benzene rings is 4. The van der Waals surface area contributed by atoms with Crippen LogP contribution in [-0.4, -0.2) is 11.2 Å². The van der Waals surface area contributed by atoms with Crippen molar-refractivity contribution in [1.29, 1.82) is 0 Å². The fraction of sp³-hybridized carbons (Fsp3) is 0. The molecule has 0 amide bonds. The van der Waals surface area contributed by atoms with E-state index in [2.05, 4.69) is 59.6 Å². The maximum absolute atomic E-state index is 6.31. The van der Waals surface area contributed by atoms with Crippen LogP contribution in [0.25, 0.3) is 32.4 Å². The second-order valence-corrected chi connectivity index (χ2v) is 6.86. The van der Waals surface area contributed by atoms with E-state index < -0.39 is 0 Å². The highest BCUT2D eigenvalue weighted by molar-refractivity contribution is 6.35. The fourth-order valence-corrected chi connectivity index (χ4v) is 3.76. The number of aliphatic imine (C=N–C) groups is 1. The molecule has 0 spiro atoms. The quantitative estimate of drug-likeness (QED) is 0.245. The van der Waals surface area contributed by atoms with E-state index in [1.807, 2.05) is 30.5 Å². The first-order valence-corrected chi connectivity index (χ1v) is 9.17. The van der Waals surface area contributed by atoms with Crippen molar-refractivity contribution in [3.8, 4) is 0 Å². The van der Waals surface area contributed by atoms with Crippen molar-refractivity contribution < 1.29 is 0 Å². The molecule has 0 aliphatic heterocycles. The summed E-state index contributed by atoms with van der Waals surface area (Å²) in [7, 11) is 0. The number of aromatic nitrogens is 1. The minimum atomic E-state index is 0.688. The van der Waals surface area contributed by atoms with Gasteiger partial charge in [0.25, 0.3) is 0 Å². The van der Waals surface area contributed by atoms with Crippen molar-refractivity contribution in [2.75, 3.05) is 0 Å². The Morgan fingerprint density at radius 1 is 0.741 bits per heavy atom. The molecule has 0 bridgehead atoms. The van der Waals surface area contributed by atoms with Crippen molar-refractivity contribution in [3.05, 3.63) is 95.6 Å². The zero-order valence-corrected chi connectivity index (χ0v) is 15.2. The van der Waals surface area contributed by atoms with E-state index in [9.17, 15) is 0 Å². The molecular formula is C24H15ClN2. The molecule has 0 fully saturated rings. The first-order valence-electron chi connectivity index (χ1n) is 8.79. The highest BCUT2D eigenvalue weighted by Gasteiger charge is 2.07. The molecular weight excluding hydrogens is 352 g/mol. The smallest absolute Gasteiger partial charge is 0.0973 e. The predicted octanol–water partition coefficient (Wildman–Crippen LogP) is 6.95. The van der Waals surface area contributed by atoms with Gasteiger partial charge in [0.05, 0.1) is 16.2 Å². The molecule has 3 heteroatoms. The van der Waals surface area contributed by atoms with Gasteiger partial charge in [-0.25, -0.2) is 0 Å². The minimum absolute atomic E-state index is 0.688. The maximum Gasteiger partial charge on any atom is 0.0973 e. The van der Waals surface area contributed by atoms with Gasteiger partial charge in [-0.3, -0.25) is 9.98 Å². The van der Waals surface area contributed by atoms with Crippen LogP contribution in [0.1, 0.15) is 5.56 Å². The molecule has 4 aromatic carbocycles. The van der Waals surface area contributed by atoms with E-state index in [1.54, 1.807) is 6.20 Å². The SMILES string of the molecule is Clc1ccc(N=Cc2c3ccccc3cc3ccccc23)c2ncccc12. The second kappa shape index (κ2) is 6.49. The lowest BCUT2D eigenvalue weighted by atomic mass is 9.97. The van der Waals surface area contributed by atoms with E-state index in [0.717, 1.165) is 22.2 Å². The number of nitrogens with zero attached hydrogens (tertiary/aromatic N) is 2. The van der Waals surface area contributed by atoms with E-state index in [4.69, 9.17) is 16.6 Å². The fourth-order valence-electron chi connectivity index (χ4n) is 3.55. The van der Waals surface area contributed by atoms with Crippen molar-refractivity contribution in [1.82, 2.24) is 4.98 Å². The zero-order chi connectivity index (χ0) is 18.2. The van der Waals surface area contributed by atoms with E-state index in [1.165, 1.54) is 21.5 Å². The third-order valence-corrected chi connectivity index (χ3v) is 5.17. The van der Waals surface area contributed by atoms with Gasteiger partial charge in [0, 0.05) is 23.4 Å². The molecule has 1 aromatic heterocycles. The number of pyridine rings is 1. The summed E-state index contributed by atoms with van der Waals surface area (Å²) in [5.41, 5.74) is 2.74. The van der Waals surface area contributed by atoms with Crippen molar-refractivity contribution in [2.24, 2.45) is 4.99 Å². The van der Waals surface area contributed by atoms with Crippen LogP contribution in [0.15, 0.2) is 90.1 Å². The summed E-state index contributed by atoms with van der Waals surface area (Å²) in [6.45, 7) is 0. The Kier molecular flexibility index (Phi) is 3.84. The van der Waals surface area contributed by atoms with Crippen LogP contribution in [0.3, 0.4) is 0 Å². The highest BCUT2D eigenvalue weighted by Crippen LogP contribution is 2.31. The molecule has 2 nitrogen and oxygen atoms in total. The Bertz CT molecular complexity index is 1280. The van der Waals surface area contributed by atoms with E-state index >= 15 is 0 Å². The van der Waals surface area contributed by atoms with Gasteiger partial charge in [-0.1, -0.05) is 60.1 Å². The van der Waals surface area contributed by atoms with Gasteiger partial charge in [0.2, 0.25) is 0 Å². The van der Waals surface area contributed by atoms with E-state index in [0.29, 0.717) is 5.02 Å². The third-order valence-electron chi connectivity index (χ3n) is 4.84. The van der Waals surface area contributed by atoms with Gasteiger partial charge in [0.15, 0.2) is 0 Å². The van der Waals surface area contributed by atoms with Crippen molar-refractivity contribution in [3.63, 3.8) is 0 Å². The van der Waals surface area contributed by atoms with Crippen LogP contribution < -0.4 is 0 Å². The largest absolute Gasteiger partial charge is 0.254 e. The molecule has 1 heterocycles. The Morgan fingerprint density at radius 3 is 2.15 bits per heavy atom. The Morgan fingerprint density at radius 2 is 1.41 bits per heavy atom. The molecule has 0 saturated carbocycles. The number of rotatable bonds is 2. The Hall–Kier alpha value is -3.23. The normalized spacial score (nSPS) is 11.7. The van der Waals surface area contributed by atoms with Crippen LogP contribution in [-0.2, 0) is 0 Å². The molecule has 0 aliphatic rings. The van der Waals surface area contributed by atoms with Gasteiger partial charge in [-0.2, -0.15) is 0 Å². The zero-order valence-electron chi connectivity index (χ0n) is 14.4. The molecule has 5 rings (SSSR count). The average Bonchev–Trinajstić information content (AvgIpc) is 2.72. The van der Waals surface area contributed by atoms with Gasteiger partial charge < -0.3 is 0 Å². The molecule has 0 atom stereocenters. The lowest BCUT2D eigenvalue weighted by Gasteiger charge is -2.08. The summed E-state index contributed by atoms with van der Waals surface area (Å²) in [4.78, 5) is 9.28. The number of fused-ring (bicyclic) bond motifs is 3. The number of halogens is 1. The molecule has 0 unspecified atom stereocenters. The third kappa shape index (κ3) is 2.75. The van der Waals surface area contributed by atoms with Gasteiger partial charge in [-0.05, 0) is 51.9 Å². The summed E-state index contributed by atoms with van der Waals surface area (Å²) >= 11 is 6.31. The topological polar surface area (TPSA) is 25.2 Å². The van der Waals surface area contributed by atoms with Gasteiger partial charge >= 0.3 is 0 Å². The molecule has 128 valence electrons. The first kappa shape index (κ1) is 16.0. The van der Waals surface area contributed by atoms with Crippen LogP contribution in [0.4, 0.5) is 5.69 Å². The summed E-state index contributed by atoms with van der Waals surface area (Å²) in [6, 6.07) is 26.7. The standard InChI is InChI=1S/C24H15ClN2/c25-22-11-12-23(24-20(22)10-5-13-26-24)27-15-21-18-8-3-1-6-16(18)14-17-7-2-4-9-19(17)21/h1-15H. The second-order valence-electron chi connectivity index (χ2n) is 6.46. The highest BCUT2D eigenvalue weighted by atomic mass is 35.5. The van der Waals surface area contributed by atoms with Crippen LogP contribution in [0, 0.1) is 0 Å². The molecule has 0 saturated heterocycles. The monoisotopic (exact) mass is 366 g/mol. The van der Waals surface area contributed by atoms with Gasteiger partial charge in [0.1, 0.15) is 0 Å². The van der Waals surface area contributed by atoms with Crippen LogP contribution >= 0.6 is 11.6 Å². The molecule has 0 radical (unpaired) electrons. The lowest BCUT2D eigenvalue weighted by Crippen LogP contribution is -1.88. The first-order chi connectivity index (χ1) is 13.3. The molecule has 5 aromatic rings. The molecule has 0 aliphatic carbocycles. The van der Waals surface area contributed by atoms with Crippen LogP contribution in [0.5, 0.6) is 0 Å². The van der Waals surface area contributed by atoms with Crippen molar-refractivity contribution in [2.45, 2.75) is 0 Å². The van der Waals surface area contributed by atoms with Crippen molar-refractivity contribution >= 4 is 56.0 Å². The minimum Gasteiger partial charge on any atom is -0.254 e. The summed E-state index contributed by atoms with van der Waals surface area (Å²) in [5.74, 6) is 0. The predicted molar refractivity (Wildman–Crippen MR) is 115 cm³/mol. The molecule has 0 N–H and O–H groups in total. The number of hydrogen-bond donors (Lipinski definition) is 0. The average molecular weight is 367 g/mol. The molecule has 27 heavy (non-hydrogen) atoms. The summed E-state index contributed by atoms with van der Waals surface area (Å²) < 4.78 is 0. The lowest BCUT2D eigenvalue weighted by molar-refractivity contribution is 1.39. The Labute approximate surface area is 161 Å². The summed E-state index contributed by atoms with van der Waals surface area (Å²) in [5, 5.41) is 6.38. The Balaban J connectivity index is 1.76. The summed E-state index contributed by atoms with van der Waals surface area (Å²) in [6.07, 6.45) is 3.72. The maximum atomic E-state index is 6.31. The van der Waals surface area contributed by atoms with Gasteiger partial charge in [-0.15, -0.1) is 0 Å². The number of hydrogen-bond acceptors (Lipinski definition) is 2. The van der Waals surface area contributed by atoms with Crippen LogP contribution in [0.2, 0.25) is 5.02 Å².